The topological polar surface area (TPSA) is 117 Å². The molecule has 0 aliphatic rings. The molecule has 0 heterocycles. The summed E-state index contributed by atoms with van der Waals surface area (Å²) >= 11 is 0. The van der Waals surface area contributed by atoms with Gasteiger partial charge < -0.3 is 10.1 Å². The van der Waals surface area contributed by atoms with E-state index in [1.807, 2.05) is 34.6 Å². The van der Waals surface area contributed by atoms with E-state index in [0.29, 0.717) is 32.3 Å². The number of rotatable bonds is 15. The lowest BCUT2D eigenvalue weighted by molar-refractivity contribution is -0.141. The summed E-state index contributed by atoms with van der Waals surface area (Å²) in [6, 6.07) is 0. The van der Waals surface area contributed by atoms with Gasteiger partial charge in [-0.05, 0) is 47.0 Å². The smallest absolute Gasteiger partial charge is 0.231 e. The zero-order chi connectivity index (χ0) is 26.5. The highest BCUT2D eigenvalue weighted by molar-refractivity contribution is 5.88. The summed E-state index contributed by atoms with van der Waals surface area (Å²) in [5, 5.41) is 2.96. The third-order valence-electron chi connectivity index (χ3n) is 4.78. The molecule has 0 rings (SSSR count). The molecule has 196 valence electrons. The molecule has 0 aromatic carbocycles. The van der Waals surface area contributed by atoms with Gasteiger partial charge in [-0.2, -0.15) is 0 Å². The zero-order valence-electron chi connectivity index (χ0n) is 22.7. The molecule has 0 aromatic heterocycles. The van der Waals surface area contributed by atoms with Crippen LogP contribution in [0.2, 0.25) is 0 Å². The fourth-order valence-electron chi connectivity index (χ4n) is 2.71. The molecule has 0 saturated carbocycles. The van der Waals surface area contributed by atoms with Crippen LogP contribution in [0, 0.1) is 5.92 Å². The first kappa shape index (κ1) is 35.6. The maximum absolute atomic E-state index is 12.2. The van der Waals surface area contributed by atoms with Crippen molar-refractivity contribution in [3.8, 4) is 0 Å². The second-order valence-electron chi connectivity index (χ2n) is 8.75. The van der Waals surface area contributed by atoms with E-state index >= 15 is 0 Å². The van der Waals surface area contributed by atoms with Crippen molar-refractivity contribution < 1.29 is 23.9 Å². The largest absolute Gasteiger partial charge is 0.375 e. The van der Waals surface area contributed by atoms with Gasteiger partial charge in [0.1, 0.15) is 0 Å². The van der Waals surface area contributed by atoms with Crippen LogP contribution in [0.15, 0.2) is 0 Å². The van der Waals surface area contributed by atoms with E-state index in [-0.39, 0.29) is 36.3 Å². The molecule has 0 spiro atoms. The number of nitrogens with zero attached hydrogens (tertiary/aromatic N) is 1. The monoisotopic (exact) mass is 474 g/mol. The van der Waals surface area contributed by atoms with E-state index in [1.54, 1.807) is 14.0 Å². The van der Waals surface area contributed by atoms with Crippen LogP contribution in [0.3, 0.4) is 0 Å². The molecule has 1 atom stereocenters. The number of carbonyl (C=O) groups excluding carboxylic acids is 4. The minimum absolute atomic E-state index is 0.104. The van der Waals surface area contributed by atoms with Gasteiger partial charge in [0.25, 0.3) is 0 Å². The van der Waals surface area contributed by atoms with Crippen LogP contribution in [0.25, 0.3) is 0 Å². The molecule has 9 nitrogen and oxygen atoms in total. The lowest BCUT2D eigenvalue weighted by atomic mass is 9.99. The first-order valence-corrected chi connectivity index (χ1v) is 12.0. The number of hydrogen-bond donors (Lipinski definition) is 3. The molecular formula is C24H50N4O5. The number of ether oxygens (including phenoxy) is 1. The number of hydrazine groups is 1. The summed E-state index contributed by atoms with van der Waals surface area (Å²) in [6.45, 7) is 18.5. The van der Waals surface area contributed by atoms with Gasteiger partial charge in [-0.1, -0.05) is 41.0 Å². The summed E-state index contributed by atoms with van der Waals surface area (Å²) in [7, 11) is 1.62. The first-order chi connectivity index (χ1) is 15.4. The van der Waals surface area contributed by atoms with Crippen molar-refractivity contribution in [3.63, 3.8) is 0 Å². The predicted octanol–water partition coefficient (Wildman–Crippen LogP) is 3.18. The van der Waals surface area contributed by atoms with Gasteiger partial charge in [0.15, 0.2) is 0 Å². The molecule has 0 aliphatic carbocycles. The average molecular weight is 475 g/mol. The molecule has 0 bridgehead atoms. The fourth-order valence-corrected chi connectivity index (χ4v) is 2.71. The van der Waals surface area contributed by atoms with Crippen LogP contribution in [-0.2, 0) is 23.9 Å². The van der Waals surface area contributed by atoms with Gasteiger partial charge >= 0.3 is 0 Å². The van der Waals surface area contributed by atoms with Crippen molar-refractivity contribution in [2.75, 3.05) is 20.2 Å². The standard InChI is InChI=1S/C20H38N2O4.C2H6N2O.C2H6/c1-8-11-20(6,7)26-14-12-19(4,5)21-17(24)10-13-22(15-23)18(25)16(3)9-2;1-3-4-2-5;1-2/h15-16H,8-14H2,1-7H3,(H,21,24);2-3H,1H3,(H,4,5);1-2H3. The predicted molar refractivity (Wildman–Crippen MR) is 133 cm³/mol. The Morgan fingerprint density at radius 2 is 1.64 bits per heavy atom. The van der Waals surface area contributed by atoms with Gasteiger partial charge in [0, 0.05) is 38.1 Å². The lowest BCUT2D eigenvalue weighted by Gasteiger charge is -2.30. The van der Waals surface area contributed by atoms with Crippen LogP contribution in [0.5, 0.6) is 0 Å². The van der Waals surface area contributed by atoms with Crippen molar-refractivity contribution >= 4 is 24.6 Å². The Morgan fingerprint density at radius 3 is 2.03 bits per heavy atom. The summed E-state index contributed by atoms with van der Waals surface area (Å²) < 4.78 is 5.92. The van der Waals surface area contributed by atoms with Gasteiger partial charge in [-0.3, -0.25) is 29.5 Å². The van der Waals surface area contributed by atoms with E-state index in [0.717, 1.165) is 17.7 Å². The number of imide groups is 1. The Balaban J connectivity index is -0.00000112. The molecule has 0 aromatic rings. The second kappa shape index (κ2) is 20.6. The number of amides is 4. The summed E-state index contributed by atoms with van der Waals surface area (Å²) in [5.41, 5.74) is 4.01. The molecule has 0 saturated heterocycles. The van der Waals surface area contributed by atoms with Crippen molar-refractivity contribution in [2.24, 2.45) is 5.92 Å². The molecule has 0 radical (unpaired) electrons. The van der Waals surface area contributed by atoms with Crippen molar-refractivity contribution in [1.82, 2.24) is 21.1 Å². The van der Waals surface area contributed by atoms with Gasteiger partial charge in [-0.15, -0.1) is 0 Å². The minimum atomic E-state index is -0.411. The zero-order valence-corrected chi connectivity index (χ0v) is 22.7. The van der Waals surface area contributed by atoms with Gasteiger partial charge in [0.2, 0.25) is 24.6 Å². The maximum Gasteiger partial charge on any atom is 0.231 e. The SMILES string of the molecule is CC.CCCC(C)(C)OCCC(C)(C)NC(=O)CCN(C=O)C(=O)C(C)CC.CNNC=O. The van der Waals surface area contributed by atoms with Crippen molar-refractivity contribution in [2.45, 2.75) is 106 Å². The molecule has 33 heavy (non-hydrogen) atoms. The fraction of sp³-hybridized carbons (Fsp3) is 0.833. The highest BCUT2D eigenvalue weighted by Gasteiger charge is 2.24. The number of hydrogen-bond acceptors (Lipinski definition) is 6. The lowest BCUT2D eigenvalue weighted by Crippen LogP contribution is -2.46. The summed E-state index contributed by atoms with van der Waals surface area (Å²) in [6.07, 6.45) is 4.59. The first-order valence-electron chi connectivity index (χ1n) is 12.0. The van der Waals surface area contributed by atoms with Crippen LogP contribution in [0.1, 0.15) is 94.4 Å². The number of nitrogens with one attached hydrogen (secondary N) is 3. The van der Waals surface area contributed by atoms with Crippen LogP contribution >= 0.6 is 0 Å². The Kier molecular flexibility index (Phi) is 22.2. The molecule has 4 amide bonds. The van der Waals surface area contributed by atoms with Crippen LogP contribution in [0.4, 0.5) is 0 Å². The molecular weight excluding hydrogens is 424 g/mol. The van der Waals surface area contributed by atoms with E-state index < -0.39 is 5.54 Å². The minimum Gasteiger partial charge on any atom is -0.375 e. The Morgan fingerprint density at radius 1 is 1.06 bits per heavy atom. The van der Waals surface area contributed by atoms with E-state index in [1.165, 1.54) is 0 Å². The summed E-state index contributed by atoms with van der Waals surface area (Å²) in [4.78, 5) is 45.7. The normalized spacial score (nSPS) is 11.6. The highest BCUT2D eigenvalue weighted by Crippen LogP contribution is 2.18. The van der Waals surface area contributed by atoms with Crippen molar-refractivity contribution in [3.05, 3.63) is 0 Å². The molecule has 3 N–H and O–H groups in total. The Bertz CT molecular complexity index is 539. The summed E-state index contributed by atoms with van der Waals surface area (Å²) in [5.74, 6) is -0.629. The molecule has 0 fully saturated rings. The third-order valence-corrected chi connectivity index (χ3v) is 4.78. The quantitative estimate of drug-likeness (QED) is 0.248. The Hall–Kier alpha value is -2.00. The molecule has 9 heteroatoms. The highest BCUT2D eigenvalue weighted by atomic mass is 16.5. The maximum atomic E-state index is 12.2. The van der Waals surface area contributed by atoms with E-state index in [4.69, 9.17) is 4.74 Å². The third kappa shape index (κ3) is 20.3. The van der Waals surface area contributed by atoms with Gasteiger partial charge in [-0.25, -0.2) is 5.43 Å². The van der Waals surface area contributed by atoms with Crippen LogP contribution < -0.4 is 16.2 Å². The molecule has 0 aliphatic heterocycles. The van der Waals surface area contributed by atoms with Crippen LogP contribution in [-0.4, -0.2) is 60.9 Å². The van der Waals surface area contributed by atoms with Crippen molar-refractivity contribution in [1.29, 1.82) is 0 Å². The number of carbonyl (C=O) groups is 4. The van der Waals surface area contributed by atoms with Gasteiger partial charge in [0.05, 0.1) is 5.60 Å². The second-order valence-corrected chi connectivity index (χ2v) is 8.75. The Labute approximate surface area is 201 Å². The molecule has 1 unspecified atom stereocenters. The average Bonchev–Trinajstić information content (AvgIpc) is 2.75. The van der Waals surface area contributed by atoms with E-state index in [9.17, 15) is 19.2 Å². The van der Waals surface area contributed by atoms with E-state index in [2.05, 4.69) is 36.9 Å².